The number of carbonyl (C=O) groups excluding carboxylic acids is 2. The van der Waals surface area contributed by atoms with E-state index in [1.54, 1.807) is 4.90 Å². The fraction of sp³-hybridized carbons (Fsp3) is 0.333. The summed E-state index contributed by atoms with van der Waals surface area (Å²) in [6.45, 7) is 7.05. The van der Waals surface area contributed by atoms with E-state index in [2.05, 4.69) is 43.4 Å². The Kier molecular flexibility index (Phi) is 9.92. The van der Waals surface area contributed by atoms with E-state index in [0.717, 1.165) is 16.7 Å². The van der Waals surface area contributed by atoms with Gasteiger partial charge in [0.25, 0.3) is 0 Å². The molecule has 0 aliphatic rings. The summed E-state index contributed by atoms with van der Waals surface area (Å²) in [5, 5.41) is 3.67. The van der Waals surface area contributed by atoms with E-state index in [1.807, 2.05) is 61.5 Å². The molecule has 35 heavy (non-hydrogen) atoms. The molecule has 0 aliphatic heterocycles. The minimum Gasteiger partial charge on any atom is -0.354 e. The van der Waals surface area contributed by atoms with Crippen LogP contribution in [0.3, 0.4) is 0 Å². The maximum Gasteiger partial charge on any atom is 0.243 e. The van der Waals surface area contributed by atoms with Crippen LogP contribution in [0.15, 0.2) is 78.9 Å². The molecule has 2 amide bonds. The number of carbonyl (C=O) groups is 2. The fourth-order valence-electron chi connectivity index (χ4n) is 3.96. The lowest BCUT2D eigenvalue weighted by Crippen LogP contribution is -2.51. The van der Waals surface area contributed by atoms with E-state index in [-0.39, 0.29) is 11.8 Å². The maximum atomic E-state index is 13.7. The third kappa shape index (κ3) is 8.56. The average Bonchev–Trinajstić information content (AvgIpc) is 2.85. The first kappa shape index (κ1) is 26.5. The average molecular weight is 491 g/mol. The van der Waals surface area contributed by atoms with E-state index < -0.39 is 6.04 Å². The van der Waals surface area contributed by atoms with Crippen molar-refractivity contribution in [3.63, 3.8) is 0 Å². The monoisotopic (exact) mass is 490 g/mol. The first-order valence-electron chi connectivity index (χ1n) is 12.2. The van der Waals surface area contributed by atoms with Gasteiger partial charge in [0.15, 0.2) is 0 Å². The Hall–Kier alpha value is -3.11. The van der Waals surface area contributed by atoms with Crippen molar-refractivity contribution in [3.05, 3.63) is 106 Å². The van der Waals surface area contributed by atoms with Gasteiger partial charge in [0.05, 0.1) is 0 Å². The van der Waals surface area contributed by atoms with Crippen LogP contribution in [0.25, 0.3) is 0 Å². The molecular weight excluding hydrogens is 456 g/mol. The molecule has 3 rings (SSSR count). The van der Waals surface area contributed by atoms with Gasteiger partial charge in [-0.25, -0.2) is 0 Å². The van der Waals surface area contributed by atoms with Crippen LogP contribution in [0, 0.1) is 12.8 Å². The summed E-state index contributed by atoms with van der Waals surface area (Å²) >= 11 is 6.24. The van der Waals surface area contributed by atoms with E-state index in [4.69, 9.17) is 11.6 Å². The van der Waals surface area contributed by atoms with E-state index >= 15 is 0 Å². The smallest absolute Gasteiger partial charge is 0.243 e. The highest BCUT2D eigenvalue weighted by Gasteiger charge is 2.30. The van der Waals surface area contributed by atoms with Crippen LogP contribution in [0.4, 0.5) is 0 Å². The van der Waals surface area contributed by atoms with Gasteiger partial charge >= 0.3 is 0 Å². The quantitative estimate of drug-likeness (QED) is 0.358. The topological polar surface area (TPSA) is 49.4 Å². The summed E-state index contributed by atoms with van der Waals surface area (Å²) in [4.78, 5) is 28.8. The summed E-state index contributed by atoms with van der Waals surface area (Å²) < 4.78 is 0. The Balaban J connectivity index is 1.89. The van der Waals surface area contributed by atoms with E-state index in [0.29, 0.717) is 43.3 Å². The number of nitrogens with zero attached hydrogens (tertiary/aromatic N) is 1. The highest BCUT2D eigenvalue weighted by molar-refractivity contribution is 6.30. The molecule has 0 radical (unpaired) electrons. The standard InChI is InChI=1S/C30H35ClN2O2/c1-22(2)20-32-30(35)28(19-25-8-5-4-6-9-25)33(21-26-10-7-11-27(31)18-26)29(34)17-16-24-14-12-23(3)13-15-24/h4-15,18,22,28H,16-17,19-21H2,1-3H3,(H,32,35)/t28-/m1/s1. The van der Waals surface area contributed by atoms with Crippen LogP contribution in [-0.2, 0) is 29.0 Å². The maximum absolute atomic E-state index is 13.7. The van der Waals surface area contributed by atoms with Crippen molar-refractivity contribution in [2.24, 2.45) is 5.92 Å². The number of halogens is 1. The number of nitrogens with one attached hydrogen (secondary N) is 1. The number of benzene rings is 3. The molecule has 0 bridgehead atoms. The van der Waals surface area contributed by atoms with Crippen molar-refractivity contribution >= 4 is 23.4 Å². The number of rotatable bonds is 11. The predicted octanol–water partition coefficient (Wildman–Crippen LogP) is 5.99. The molecule has 0 aliphatic carbocycles. The SMILES string of the molecule is Cc1ccc(CCC(=O)N(Cc2cccc(Cl)c2)[C@H](Cc2ccccc2)C(=O)NCC(C)C)cc1. The largest absolute Gasteiger partial charge is 0.354 e. The molecule has 1 N–H and O–H groups in total. The van der Waals surface area contributed by atoms with E-state index in [1.165, 1.54) is 5.56 Å². The van der Waals surface area contributed by atoms with Gasteiger partial charge in [-0.2, -0.15) is 0 Å². The van der Waals surface area contributed by atoms with Crippen LogP contribution >= 0.6 is 11.6 Å². The van der Waals surface area contributed by atoms with Crippen molar-refractivity contribution in [1.82, 2.24) is 10.2 Å². The number of amides is 2. The summed E-state index contributed by atoms with van der Waals surface area (Å²) in [6, 6.07) is 24.9. The summed E-state index contributed by atoms with van der Waals surface area (Å²) in [5.41, 5.74) is 4.21. The minimum absolute atomic E-state index is 0.0498. The molecular formula is C30H35ClN2O2. The van der Waals surface area contributed by atoms with Crippen molar-refractivity contribution in [2.45, 2.75) is 52.6 Å². The molecule has 0 saturated carbocycles. The first-order valence-corrected chi connectivity index (χ1v) is 12.6. The lowest BCUT2D eigenvalue weighted by atomic mass is 10.0. The van der Waals surface area contributed by atoms with Gasteiger partial charge in [-0.1, -0.05) is 97.7 Å². The van der Waals surface area contributed by atoms with Crippen LogP contribution in [0.1, 0.15) is 42.5 Å². The van der Waals surface area contributed by atoms with Gasteiger partial charge in [0.2, 0.25) is 11.8 Å². The molecule has 0 fully saturated rings. The second kappa shape index (κ2) is 13.1. The Morgan fingerprint density at radius 1 is 0.886 bits per heavy atom. The summed E-state index contributed by atoms with van der Waals surface area (Å²) in [5.74, 6) is 0.134. The molecule has 0 unspecified atom stereocenters. The second-order valence-corrected chi connectivity index (χ2v) is 9.92. The minimum atomic E-state index is -0.624. The summed E-state index contributed by atoms with van der Waals surface area (Å²) in [6.07, 6.45) is 1.39. The van der Waals surface area contributed by atoms with Crippen LogP contribution in [0.5, 0.6) is 0 Å². The third-order valence-corrected chi connectivity index (χ3v) is 6.18. The highest BCUT2D eigenvalue weighted by atomic mass is 35.5. The van der Waals surface area contributed by atoms with Gasteiger partial charge in [-0.15, -0.1) is 0 Å². The van der Waals surface area contributed by atoms with Gasteiger partial charge in [-0.3, -0.25) is 9.59 Å². The molecule has 184 valence electrons. The molecule has 4 nitrogen and oxygen atoms in total. The number of hydrogen-bond acceptors (Lipinski definition) is 2. The Labute approximate surface area is 214 Å². The zero-order valence-electron chi connectivity index (χ0n) is 20.8. The Bertz CT molecular complexity index is 1100. The zero-order valence-corrected chi connectivity index (χ0v) is 21.6. The first-order chi connectivity index (χ1) is 16.8. The van der Waals surface area contributed by atoms with Gasteiger partial charge in [-0.05, 0) is 48.1 Å². The van der Waals surface area contributed by atoms with Crippen molar-refractivity contribution < 1.29 is 9.59 Å². The van der Waals surface area contributed by atoms with Crippen LogP contribution < -0.4 is 5.32 Å². The number of aryl methyl sites for hydroxylation is 2. The van der Waals surface area contributed by atoms with Crippen molar-refractivity contribution in [1.29, 1.82) is 0 Å². The van der Waals surface area contributed by atoms with Gasteiger partial charge < -0.3 is 10.2 Å². The molecule has 0 saturated heterocycles. The lowest BCUT2D eigenvalue weighted by Gasteiger charge is -2.32. The van der Waals surface area contributed by atoms with Crippen LogP contribution in [-0.4, -0.2) is 29.3 Å². The Morgan fingerprint density at radius 2 is 1.57 bits per heavy atom. The predicted molar refractivity (Wildman–Crippen MR) is 143 cm³/mol. The van der Waals surface area contributed by atoms with Crippen LogP contribution in [0.2, 0.25) is 5.02 Å². The number of hydrogen-bond donors (Lipinski definition) is 1. The highest BCUT2D eigenvalue weighted by Crippen LogP contribution is 2.19. The second-order valence-electron chi connectivity index (χ2n) is 9.48. The van der Waals surface area contributed by atoms with Crippen molar-refractivity contribution in [2.75, 3.05) is 6.54 Å². The van der Waals surface area contributed by atoms with E-state index in [9.17, 15) is 9.59 Å². The molecule has 0 heterocycles. The van der Waals surface area contributed by atoms with Gasteiger partial charge in [0.1, 0.15) is 6.04 Å². The molecule has 0 aromatic heterocycles. The fourth-order valence-corrected chi connectivity index (χ4v) is 4.17. The Morgan fingerprint density at radius 3 is 2.23 bits per heavy atom. The molecule has 3 aromatic rings. The molecule has 0 spiro atoms. The van der Waals surface area contributed by atoms with Crippen molar-refractivity contribution in [3.8, 4) is 0 Å². The normalized spacial score (nSPS) is 11.8. The third-order valence-electron chi connectivity index (χ3n) is 5.95. The molecule has 1 atom stereocenters. The molecule has 3 aromatic carbocycles. The summed E-state index contributed by atoms with van der Waals surface area (Å²) in [7, 11) is 0. The van der Waals surface area contributed by atoms with Gasteiger partial charge in [0, 0.05) is 31.0 Å². The lowest BCUT2D eigenvalue weighted by molar-refractivity contribution is -0.141. The molecule has 5 heteroatoms. The zero-order chi connectivity index (χ0) is 25.2.